The summed E-state index contributed by atoms with van der Waals surface area (Å²) in [7, 11) is 0. The number of aromatic nitrogens is 2. The van der Waals surface area contributed by atoms with Crippen molar-refractivity contribution in [3.63, 3.8) is 0 Å². The summed E-state index contributed by atoms with van der Waals surface area (Å²) in [6.45, 7) is 0. The molecule has 0 saturated heterocycles. The second kappa shape index (κ2) is 6.86. The summed E-state index contributed by atoms with van der Waals surface area (Å²) >= 11 is 1.34. The van der Waals surface area contributed by atoms with Crippen LogP contribution in [0.2, 0.25) is 0 Å². The Kier molecular flexibility index (Phi) is 5.15. The van der Waals surface area contributed by atoms with Crippen molar-refractivity contribution in [2.45, 2.75) is 43.7 Å². The quantitative estimate of drug-likeness (QED) is 0.615. The van der Waals surface area contributed by atoms with Crippen LogP contribution in [-0.4, -0.2) is 16.5 Å². The minimum Gasteiger partial charge on any atom is -0.299 e. The zero-order valence-corrected chi connectivity index (χ0v) is 11.9. The molecule has 0 unspecified atom stereocenters. The van der Waals surface area contributed by atoms with E-state index in [1.165, 1.54) is 49.9 Å². The number of H-pyrrole nitrogens is 2. The molecule has 5 N–H and O–H groups in total. The smallest absolute Gasteiger partial charge is 0.299 e. The molecule has 0 amide bonds. The summed E-state index contributed by atoms with van der Waals surface area (Å²) in [4.78, 5) is 28.8. The van der Waals surface area contributed by atoms with Gasteiger partial charge in [0.2, 0.25) is 0 Å². The third kappa shape index (κ3) is 4.80. The maximum absolute atomic E-state index is 11.9. The van der Waals surface area contributed by atoms with E-state index < -0.39 is 0 Å². The number of ketones is 1. The van der Waals surface area contributed by atoms with Gasteiger partial charge in [-0.05, 0) is 17.7 Å². The molecule has 5 nitrogen and oxygen atoms in total. The maximum Gasteiger partial charge on any atom is 0.342 e. The van der Waals surface area contributed by atoms with Crippen molar-refractivity contribution in [1.82, 2.24) is 4.98 Å². The number of carbonyl (C=O) groups is 1. The summed E-state index contributed by atoms with van der Waals surface area (Å²) in [5.41, 5.74) is 3.50. The van der Waals surface area contributed by atoms with Crippen molar-refractivity contribution in [3.05, 3.63) is 16.4 Å². The van der Waals surface area contributed by atoms with Gasteiger partial charge in [-0.25, -0.2) is 9.78 Å². The molecule has 1 heterocycles. The zero-order valence-electron chi connectivity index (χ0n) is 11.0. The van der Waals surface area contributed by atoms with Crippen molar-refractivity contribution in [1.29, 1.82) is 0 Å². The minimum absolute atomic E-state index is 0.189. The Balaban J connectivity index is 1.80. The van der Waals surface area contributed by atoms with Gasteiger partial charge in [0.15, 0.2) is 0 Å². The number of hydrogen-bond acceptors (Lipinski definition) is 3. The van der Waals surface area contributed by atoms with Crippen LogP contribution < -0.4 is 16.3 Å². The zero-order chi connectivity index (χ0) is 13.7. The van der Waals surface area contributed by atoms with E-state index in [1.807, 2.05) is 0 Å². The molecule has 104 valence electrons. The molecule has 1 aromatic heterocycles. The van der Waals surface area contributed by atoms with Crippen LogP contribution in [0.15, 0.2) is 16.0 Å². The highest BCUT2D eigenvalue weighted by atomic mass is 32.2. The van der Waals surface area contributed by atoms with Gasteiger partial charge in [0.05, 0.1) is 5.75 Å². The molecule has 1 saturated carbocycles. The number of thioether (sulfide) groups is 1. The SMILES string of the molecule is [NH3+]c1cc(=O)[nH]c(SCC(=O)CC2CCCCC2)[nH+]1. The summed E-state index contributed by atoms with van der Waals surface area (Å²) in [5, 5.41) is 0.606. The Morgan fingerprint density at radius 1 is 1.42 bits per heavy atom. The standard InChI is InChI=1S/C13H19N3O2S/c14-11-7-12(18)16-13(15-11)19-8-10(17)6-9-4-2-1-3-5-9/h7,9H,1-6,8H2,(H3,14,15,16,18)/p+2. The third-order valence-electron chi connectivity index (χ3n) is 3.43. The predicted octanol–water partition coefficient (Wildman–Crippen LogP) is 0.694. The second-order valence-corrected chi connectivity index (χ2v) is 6.13. The summed E-state index contributed by atoms with van der Waals surface area (Å²) in [6.07, 6.45) is 6.89. The van der Waals surface area contributed by atoms with Crippen molar-refractivity contribution in [3.8, 4) is 0 Å². The number of quaternary nitrogens is 1. The van der Waals surface area contributed by atoms with Gasteiger partial charge in [-0.3, -0.25) is 10.5 Å². The molecule has 1 aromatic rings. The lowest BCUT2D eigenvalue weighted by Crippen LogP contribution is -2.48. The molecule has 19 heavy (non-hydrogen) atoms. The van der Waals surface area contributed by atoms with Gasteiger partial charge in [0.25, 0.3) is 5.82 Å². The van der Waals surface area contributed by atoms with E-state index in [1.54, 1.807) is 0 Å². The number of Topliss-reactive ketones (excluding diaryl/α,β-unsaturated/α-hetero) is 1. The van der Waals surface area contributed by atoms with Gasteiger partial charge in [-0.1, -0.05) is 32.1 Å². The number of carbonyl (C=O) groups excluding carboxylic acids is 1. The van der Waals surface area contributed by atoms with Gasteiger partial charge < -0.3 is 0 Å². The number of aromatic amines is 2. The molecule has 6 heteroatoms. The van der Waals surface area contributed by atoms with Gasteiger partial charge in [-0.2, -0.15) is 4.98 Å². The molecule has 1 fully saturated rings. The van der Waals surface area contributed by atoms with E-state index in [4.69, 9.17) is 0 Å². The summed E-state index contributed by atoms with van der Waals surface area (Å²) < 4.78 is 0. The van der Waals surface area contributed by atoms with Crippen LogP contribution in [-0.2, 0) is 4.79 Å². The first-order chi connectivity index (χ1) is 9.13. The normalized spacial score (nSPS) is 16.5. The second-order valence-electron chi connectivity index (χ2n) is 5.15. The lowest BCUT2D eigenvalue weighted by atomic mass is 9.86. The molecule has 0 aliphatic heterocycles. The van der Waals surface area contributed by atoms with Crippen LogP contribution in [0.1, 0.15) is 38.5 Å². The van der Waals surface area contributed by atoms with Crippen molar-refractivity contribution >= 4 is 23.4 Å². The number of rotatable bonds is 5. The van der Waals surface area contributed by atoms with Crippen LogP contribution in [0, 0.1) is 5.92 Å². The summed E-state index contributed by atoms with van der Waals surface area (Å²) in [6, 6.07) is 1.40. The largest absolute Gasteiger partial charge is 0.342 e. The third-order valence-corrected chi connectivity index (χ3v) is 4.39. The molecule has 0 bridgehead atoms. The average Bonchev–Trinajstić information content (AvgIpc) is 2.36. The first-order valence-corrected chi connectivity index (χ1v) is 7.75. The highest BCUT2D eigenvalue weighted by Crippen LogP contribution is 2.27. The fraction of sp³-hybridized carbons (Fsp3) is 0.615. The first kappa shape index (κ1) is 14.3. The molecular formula is C13H21N3O2S+2. The molecule has 0 atom stereocenters. The Hall–Kier alpha value is -1.14. The van der Waals surface area contributed by atoms with Crippen molar-refractivity contribution < 1.29 is 15.5 Å². The van der Waals surface area contributed by atoms with E-state index in [2.05, 4.69) is 15.7 Å². The van der Waals surface area contributed by atoms with E-state index in [0.717, 1.165) is 0 Å². The van der Waals surface area contributed by atoms with Crippen molar-refractivity contribution in [2.24, 2.45) is 5.92 Å². The fourth-order valence-electron chi connectivity index (χ4n) is 2.52. The van der Waals surface area contributed by atoms with E-state index in [-0.39, 0.29) is 11.3 Å². The maximum atomic E-state index is 11.9. The molecule has 1 aliphatic rings. The van der Waals surface area contributed by atoms with Crippen LogP contribution in [0.25, 0.3) is 0 Å². The number of nitrogens with one attached hydrogen (secondary N) is 2. The van der Waals surface area contributed by atoms with Crippen LogP contribution >= 0.6 is 11.8 Å². The lowest BCUT2D eigenvalue weighted by Gasteiger charge is -2.20. The molecular weight excluding hydrogens is 262 g/mol. The highest BCUT2D eigenvalue weighted by molar-refractivity contribution is 7.99. The lowest BCUT2D eigenvalue weighted by molar-refractivity contribution is -0.512. The highest BCUT2D eigenvalue weighted by Gasteiger charge is 2.18. The fourth-order valence-corrected chi connectivity index (χ4v) is 3.32. The van der Waals surface area contributed by atoms with Gasteiger partial charge in [0.1, 0.15) is 11.8 Å². The van der Waals surface area contributed by atoms with Gasteiger partial charge >= 0.3 is 10.7 Å². The Morgan fingerprint density at radius 3 is 2.84 bits per heavy atom. The minimum atomic E-state index is -0.189. The summed E-state index contributed by atoms with van der Waals surface area (Å²) in [5.74, 6) is 1.81. The molecule has 0 spiro atoms. The van der Waals surface area contributed by atoms with Crippen LogP contribution in [0.4, 0.5) is 5.82 Å². The molecule has 0 radical (unpaired) electrons. The molecule has 2 rings (SSSR count). The predicted molar refractivity (Wildman–Crippen MR) is 73.1 cm³/mol. The van der Waals surface area contributed by atoms with E-state index in [0.29, 0.717) is 29.1 Å². The number of hydrogen-bond donors (Lipinski definition) is 2. The van der Waals surface area contributed by atoms with Crippen molar-refractivity contribution in [2.75, 3.05) is 5.75 Å². The van der Waals surface area contributed by atoms with Gasteiger partial charge in [0, 0.05) is 6.42 Å². The Morgan fingerprint density at radius 2 is 2.16 bits per heavy atom. The first-order valence-electron chi connectivity index (χ1n) is 6.76. The Bertz CT molecular complexity index is 495. The monoisotopic (exact) mass is 283 g/mol. The average molecular weight is 283 g/mol. The van der Waals surface area contributed by atoms with Gasteiger partial charge in [-0.15, -0.1) is 0 Å². The topological polar surface area (TPSA) is 91.7 Å². The molecule has 0 aromatic carbocycles. The van der Waals surface area contributed by atoms with Crippen LogP contribution in [0.5, 0.6) is 0 Å². The van der Waals surface area contributed by atoms with Crippen LogP contribution in [0.3, 0.4) is 0 Å². The van der Waals surface area contributed by atoms with E-state index in [9.17, 15) is 9.59 Å². The Labute approximate surface area is 116 Å². The molecule has 1 aliphatic carbocycles. The van der Waals surface area contributed by atoms with E-state index >= 15 is 0 Å².